The molecule has 258 valence electrons. The van der Waals surface area contributed by atoms with Crippen LogP contribution in [0.1, 0.15) is 0 Å². The smallest absolute Gasteiger partial charge is 0.227 e. The molecule has 12 aromatic rings. The molecule has 6 heteroatoms. The van der Waals surface area contributed by atoms with Gasteiger partial charge in [-0.3, -0.25) is 0 Å². The third-order valence-electron chi connectivity index (χ3n) is 10.7. The molecule has 4 aromatic heterocycles. The van der Waals surface area contributed by atoms with Crippen LogP contribution in [-0.4, -0.2) is 4.98 Å². The Kier molecular flexibility index (Phi) is 6.64. The van der Waals surface area contributed by atoms with Gasteiger partial charge in [-0.05, 0) is 90.5 Å². The first kappa shape index (κ1) is 30.7. The molecule has 55 heavy (non-hydrogen) atoms. The van der Waals surface area contributed by atoms with Crippen molar-refractivity contribution in [2.45, 2.75) is 0 Å². The maximum Gasteiger partial charge on any atom is 0.227 e. The highest BCUT2D eigenvalue weighted by molar-refractivity contribution is 7.26. The second kappa shape index (κ2) is 11.9. The van der Waals surface area contributed by atoms with E-state index in [0.29, 0.717) is 5.89 Å². The first-order valence-corrected chi connectivity index (χ1v) is 19.9. The molecule has 4 heterocycles. The van der Waals surface area contributed by atoms with Crippen molar-refractivity contribution in [3.8, 4) is 22.6 Å². The highest BCUT2D eigenvalue weighted by Gasteiger charge is 2.22. The van der Waals surface area contributed by atoms with E-state index in [9.17, 15) is 0 Å². The molecule has 0 spiro atoms. The summed E-state index contributed by atoms with van der Waals surface area (Å²) in [6.07, 6.45) is 0. The molecule has 0 aliphatic rings. The fourth-order valence-corrected chi connectivity index (χ4v) is 10.3. The second-order valence-corrected chi connectivity index (χ2v) is 16.1. The van der Waals surface area contributed by atoms with Crippen LogP contribution in [0.5, 0.6) is 0 Å². The number of furan rings is 1. The zero-order valence-corrected chi connectivity index (χ0v) is 30.8. The molecule has 0 aliphatic carbocycles. The molecule has 4 nitrogen and oxygen atoms in total. The third kappa shape index (κ3) is 4.79. The number of hydrogen-bond donors (Lipinski definition) is 0. The van der Waals surface area contributed by atoms with Crippen LogP contribution >= 0.6 is 22.7 Å². The van der Waals surface area contributed by atoms with E-state index in [2.05, 4.69) is 126 Å². The Morgan fingerprint density at radius 2 is 0.982 bits per heavy atom. The molecule has 0 saturated heterocycles. The zero-order valence-electron chi connectivity index (χ0n) is 29.2. The average Bonchev–Trinajstić information content (AvgIpc) is 4.02. The molecule has 0 bridgehead atoms. The van der Waals surface area contributed by atoms with Gasteiger partial charge < -0.3 is 13.7 Å². The lowest BCUT2D eigenvalue weighted by atomic mass is 10.0. The second-order valence-electron chi connectivity index (χ2n) is 13.9. The molecule has 0 unspecified atom stereocenters. The summed E-state index contributed by atoms with van der Waals surface area (Å²) in [5.41, 5.74) is 9.38. The zero-order chi connectivity index (χ0) is 36.0. The normalized spacial score (nSPS) is 12.0. The number of oxazole rings is 1. The molecular formula is C49H28N2O2S2. The number of hydrogen-bond acceptors (Lipinski definition) is 6. The van der Waals surface area contributed by atoms with Crippen LogP contribution in [0, 0.1) is 0 Å². The summed E-state index contributed by atoms with van der Waals surface area (Å²) >= 11 is 3.69. The Balaban J connectivity index is 1.05. The minimum atomic E-state index is 0.594. The highest BCUT2D eigenvalue weighted by atomic mass is 32.1. The first-order valence-electron chi connectivity index (χ1n) is 18.3. The summed E-state index contributed by atoms with van der Waals surface area (Å²) in [6, 6.07) is 60.3. The van der Waals surface area contributed by atoms with Crippen molar-refractivity contribution in [1.29, 1.82) is 0 Å². The lowest BCUT2D eigenvalue weighted by Gasteiger charge is -2.26. The molecule has 0 N–H and O–H groups in total. The van der Waals surface area contributed by atoms with Crippen LogP contribution in [-0.2, 0) is 0 Å². The summed E-state index contributed by atoms with van der Waals surface area (Å²) in [5, 5.41) is 7.09. The quantitative estimate of drug-likeness (QED) is 0.176. The molecule has 8 aromatic carbocycles. The number of para-hydroxylation sites is 1. The minimum absolute atomic E-state index is 0.594. The van der Waals surface area contributed by atoms with Crippen molar-refractivity contribution in [2.24, 2.45) is 0 Å². The lowest BCUT2D eigenvalue weighted by Crippen LogP contribution is -2.09. The van der Waals surface area contributed by atoms with E-state index in [1.165, 1.54) is 40.3 Å². The fraction of sp³-hybridized carbons (Fsp3) is 0. The van der Waals surface area contributed by atoms with Crippen molar-refractivity contribution < 1.29 is 8.83 Å². The maximum atomic E-state index is 6.62. The van der Waals surface area contributed by atoms with Crippen molar-refractivity contribution in [3.63, 3.8) is 0 Å². The molecule has 0 radical (unpaired) electrons. The standard InChI is InChI=1S/C49H28N2O2S2/c1-2-10-30(11-3-1)49-50-47-41(53-49)28-37(48-46(47)36-14-4-7-15-40(36)52-48)29-18-20-31(21-19-29)51(32-22-24-44-38(26-32)34-12-5-8-16-42(34)54-44)33-23-25-45-39(27-33)35-13-6-9-17-43(35)55-45/h1-28H. The Bertz CT molecular complexity index is 3330. The predicted molar refractivity (Wildman–Crippen MR) is 233 cm³/mol. The van der Waals surface area contributed by atoms with Gasteiger partial charge in [-0.1, -0.05) is 84.9 Å². The Labute approximate surface area is 322 Å². The van der Waals surface area contributed by atoms with Gasteiger partial charge in [-0.25, -0.2) is 4.98 Å². The molecule has 12 rings (SSSR count). The molecule has 0 amide bonds. The minimum Gasteiger partial charge on any atom is -0.455 e. The summed E-state index contributed by atoms with van der Waals surface area (Å²) in [6.45, 7) is 0. The predicted octanol–water partition coefficient (Wildman–Crippen LogP) is 15.3. The summed E-state index contributed by atoms with van der Waals surface area (Å²) in [4.78, 5) is 7.39. The van der Waals surface area contributed by atoms with E-state index in [4.69, 9.17) is 13.8 Å². The number of benzene rings is 8. The van der Waals surface area contributed by atoms with E-state index in [0.717, 1.165) is 66.8 Å². The van der Waals surface area contributed by atoms with Crippen LogP contribution < -0.4 is 4.90 Å². The number of fused-ring (bicyclic) bond motifs is 11. The molecule has 0 aliphatic heterocycles. The summed E-state index contributed by atoms with van der Waals surface area (Å²) in [7, 11) is 0. The van der Waals surface area contributed by atoms with Gasteiger partial charge in [0.05, 0.1) is 5.39 Å². The van der Waals surface area contributed by atoms with Crippen LogP contribution in [0.3, 0.4) is 0 Å². The van der Waals surface area contributed by atoms with Crippen LogP contribution in [0.4, 0.5) is 17.1 Å². The van der Waals surface area contributed by atoms with E-state index < -0.39 is 0 Å². The van der Waals surface area contributed by atoms with Crippen molar-refractivity contribution >= 4 is 113 Å². The number of anilines is 3. The molecular weight excluding hydrogens is 713 g/mol. The van der Waals surface area contributed by atoms with Gasteiger partial charge in [-0.15, -0.1) is 22.7 Å². The van der Waals surface area contributed by atoms with Crippen molar-refractivity contribution in [1.82, 2.24) is 4.98 Å². The maximum absolute atomic E-state index is 6.62. The van der Waals surface area contributed by atoms with Crippen LogP contribution in [0.15, 0.2) is 179 Å². The number of aromatic nitrogens is 1. The van der Waals surface area contributed by atoms with E-state index in [1.807, 2.05) is 71.2 Å². The van der Waals surface area contributed by atoms with Crippen LogP contribution in [0.25, 0.3) is 96.0 Å². The van der Waals surface area contributed by atoms with Gasteiger partial charge in [0.15, 0.2) is 5.58 Å². The van der Waals surface area contributed by atoms with Gasteiger partial charge >= 0.3 is 0 Å². The third-order valence-corrected chi connectivity index (χ3v) is 13.0. The molecule has 0 saturated carbocycles. The Morgan fingerprint density at radius 1 is 0.418 bits per heavy atom. The first-order chi connectivity index (χ1) is 27.2. The van der Waals surface area contributed by atoms with Gasteiger partial charge in [0.1, 0.15) is 16.7 Å². The molecule has 0 atom stereocenters. The van der Waals surface area contributed by atoms with Crippen LogP contribution in [0.2, 0.25) is 0 Å². The highest BCUT2D eigenvalue weighted by Crippen LogP contribution is 2.45. The SMILES string of the molecule is c1ccc(-c2nc3c(cc(-c4ccc(N(c5ccc6sc7ccccc7c6c5)c5ccc6sc7ccccc7c6c5)cc4)c4oc5ccccc5c43)o2)cc1. The van der Waals surface area contributed by atoms with Gasteiger partial charge in [0.25, 0.3) is 0 Å². The summed E-state index contributed by atoms with van der Waals surface area (Å²) in [5.74, 6) is 0.594. The van der Waals surface area contributed by atoms with Gasteiger partial charge in [-0.2, -0.15) is 0 Å². The number of nitrogens with zero attached hydrogens (tertiary/aromatic N) is 2. The van der Waals surface area contributed by atoms with E-state index in [-0.39, 0.29) is 0 Å². The largest absolute Gasteiger partial charge is 0.455 e. The van der Waals surface area contributed by atoms with Crippen molar-refractivity contribution in [3.05, 3.63) is 170 Å². The van der Waals surface area contributed by atoms with E-state index in [1.54, 1.807) is 0 Å². The van der Waals surface area contributed by atoms with Gasteiger partial charge in [0, 0.05) is 73.9 Å². The number of rotatable bonds is 5. The Hall–Kier alpha value is -6.73. The van der Waals surface area contributed by atoms with Crippen molar-refractivity contribution in [2.75, 3.05) is 4.90 Å². The fourth-order valence-electron chi connectivity index (χ4n) is 8.14. The average molecular weight is 741 g/mol. The van der Waals surface area contributed by atoms with E-state index >= 15 is 0 Å². The molecule has 0 fully saturated rings. The van der Waals surface area contributed by atoms with Gasteiger partial charge in [0.2, 0.25) is 5.89 Å². The Morgan fingerprint density at radius 3 is 1.65 bits per heavy atom. The topological polar surface area (TPSA) is 42.4 Å². The summed E-state index contributed by atoms with van der Waals surface area (Å²) < 4.78 is 18.3. The number of thiophene rings is 2. The monoisotopic (exact) mass is 740 g/mol. The lowest BCUT2D eigenvalue weighted by molar-refractivity contribution is 0.619.